The number of rotatable bonds is 2. The molecular weight excluding hydrogens is 258 g/mol. The van der Waals surface area contributed by atoms with Gasteiger partial charge < -0.3 is 14.8 Å². The Bertz CT molecular complexity index is 667. The van der Waals surface area contributed by atoms with Crippen molar-refractivity contribution in [1.82, 2.24) is 0 Å². The first-order valence-electron chi connectivity index (χ1n) is 6.06. The van der Waals surface area contributed by atoms with Gasteiger partial charge in [-0.15, -0.1) is 0 Å². The lowest BCUT2D eigenvalue weighted by molar-refractivity contribution is -0.118. The van der Waals surface area contributed by atoms with E-state index < -0.39 is 5.97 Å². The Hall–Kier alpha value is -2.82. The molecule has 5 heteroatoms. The Morgan fingerprint density at radius 1 is 1.15 bits per heavy atom. The van der Waals surface area contributed by atoms with Crippen LogP contribution in [0.3, 0.4) is 0 Å². The fourth-order valence-electron chi connectivity index (χ4n) is 1.86. The molecule has 100 valence electrons. The first kappa shape index (κ1) is 12.2. The van der Waals surface area contributed by atoms with Crippen molar-refractivity contribution < 1.29 is 19.1 Å². The minimum atomic E-state index is -0.439. The molecule has 5 nitrogen and oxygen atoms in total. The number of hydrogen-bond acceptors (Lipinski definition) is 4. The highest BCUT2D eigenvalue weighted by Crippen LogP contribution is 2.31. The summed E-state index contributed by atoms with van der Waals surface area (Å²) in [6, 6.07) is 13.5. The molecule has 3 rings (SSSR count). The summed E-state index contributed by atoms with van der Waals surface area (Å²) >= 11 is 0. The second-order valence-corrected chi connectivity index (χ2v) is 4.25. The number of nitrogens with one attached hydrogen (secondary N) is 1. The molecule has 0 aromatic heterocycles. The number of fused-ring (bicyclic) bond motifs is 1. The molecule has 1 aliphatic rings. The largest absolute Gasteiger partial charge is 0.481 e. The summed E-state index contributed by atoms with van der Waals surface area (Å²) in [6.07, 6.45) is 0. The lowest BCUT2D eigenvalue weighted by Crippen LogP contribution is -2.25. The van der Waals surface area contributed by atoms with Gasteiger partial charge in [-0.1, -0.05) is 18.2 Å². The predicted octanol–water partition coefficient (Wildman–Crippen LogP) is 2.24. The molecule has 1 heterocycles. The Morgan fingerprint density at radius 2 is 1.95 bits per heavy atom. The van der Waals surface area contributed by atoms with Crippen molar-refractivity contribution in [3.8, 4) is 11.5 Å². The van der Waals surface area contributed by atoms with Crippen molar-refractivity contribution in [2.75, 3.05) is 11.9 Å². The number of carbonyl (C=O) groups is 2. The molecule has 1 amide bonds. The maximum Gasteiger partial charge on any atom is 0.343 e. The molecule has 0 aliphatic carbocycles. The number of anilines is 1. The molecule has 0 unspecified atom stereocenters. The van der Waals surface area contributed by atoms with Crippen LogP contribution in [-0.4, -0.2) is 18.5 Å². The average Bonchev–Trinajstić information content (AvgIpc) is 2.48. The number of carbonyl (C=O) groups excluding carboxylic acids is 2. The molecule has 2 aromatic rings. The summed E-state index contributed by atoms with van der Waals surface area (Å²) < 4.78 is 10.5. The molecule has 20 heavy (non-hydrogen) atoms. The molecule has 0 spiro atoms. The molecular formula is C15H11NO4. The Balaban J connectivity index is 1.79. The van der Waals surface area contributed by atoms with Crippen molar-refractivity contribution in [2.45, 2.75) is 0 Å². The molecule has 0 saturated heterocycles. The third-order valence-electron chi connectivity index (χ3n) is 2.81. The third-order valence-corrected chi connectivity index (χ3v) is 2.81. The van der Waals surface area contributed by atoms with Gasteiger partial charge in [0.1, 0.15) is 11.5 Å². The summed E-state index contributed by atoms with van der Waals surface area (Å²) in [5.41, 5.74) is 1.04. The number of ether oxygens (including phenoxy) is 2. The molecule has 1 N–H and O–H groups in total. The summed E-state index contributed by atoms with van der Waals surface area (Å²) in [5, 5.41) is 2.67. The molecule has 1 aliphatic heterocycles. The standard InChI is InChI=1S/C15H11NO4/c17-14-9-19-13-8-11(6-7-12(13)16-14)20-15(18)10-4-2-1-3-5-10/h1-8H,9H2,(H,16,17). The molecule has 0 radical (unpaired) electrons. The predicted molar refractivity (Wildman–Crippen MR) is 72.0 cm³/mol. The fourth-order valence-corrected chi connectivity index (χ4v) is 1.86. The smallest absolute Gasteiger partial charge is 0.343 e. The van der Waals surface area contributed by atoms with E-state index in [1.165, 1.54) is 0 Å². The molecule has 0 bridgehead atoms. The SMILES string of the molecule is O=C1COc2cc(OC(=O)c3ccccc3)ccc2N1. The number of hydrogen-bond donors (Lipinski definition) is 1. The fraction of sp³-hybridized carbons (Fsp3) is 0.0667. The van der Waals surface area contributed by atoms with Crippen LogP contribution in [0.25, 0.3) is 0 Å². The summed E-state index contributed by atoms with van der Waals surface area (Å²) in [6.45, 7) is -0.0386. The van der Waals surface area contributed by atoms with Crippen LogP contribution in [0.15, 0.2) is 48.5 Å². The van der Waals surface area contributed by atoms with E-state index in [2.05, 4.69) is 5.32 Å². The summed E-state index contributed by atoms with van der Waals surface area (Å²) in [5.74, 6) is 0.216. The second-order valence-electron chi connectivity index (χ2n) is 4.25. The highest BCUT2D eigenvalue weighted by molar-refractivity contribution is 5.96. The van der Waals surface area contributed by atoms with Crippen LogP contribution >= 0.6 is 0 Å². The maximum absolute atomic E-state index is 11.9. The molecule has 0 atom stereocenters. The van der Waals surface area contributed by atoms with Crippen LogP contribution in [0.2, 0.25) is 0 Å². The van der Waals surface area contributed by atoms with Gasteiger partial charge in [0.15, 0.2) is 6.61 Å². The quantitative estimate of drug-likeness (QED) is 0.670. The molecule has 2 aromatic carbocycles. The Morgan fingerprint density at radius 3 is 2.75 bits per heavy atom. The zero-order chi connectivity index (χ0) is 13.9. The van der Waals surface area contributed by atoms with Gasteiger partial charge in [0.25, 0.3) is 5.91 Å². The zero-order valence-corrected chi connectivity index (χ0v) is 10.5. The highest BCUT2D eigenvalue weighted by Gasteiger charge is 2.17. The van der Waals surface area contributed by atoms with E-state index in [0.717, 1.165) is 0 Å². The van der Waals surface area contributed by atoms with Crippen LogP contribution in [0.5, 0.6) is 11.5 Å². The Labute approximate surface area is 115 Å². The number of amides is 1. The molecule has 0 fully saturated rings. The van der Waals surface area contributed by atoms with E-state index in [1.807, 2.05) is 6.07 Å². The van der Waals surface area contributed by atoms with Crippen molar-refractivity contribution >= 4 is 17.6 Å². The summed E-state index contributed by atoms with van der Waals surface area (Å²) in [7, 11) is 0. The van der Waals surface area contributed by atoms with E-state index >= 15 is 0 Å². The monoisotopic (exact) mass is 269 g/mol. The normalized spacial score (nSPS) is 12.9. The van der Waals surface area contributed by atoms with Gasteiger partial charge in [-0.3, -0.25) is 4.79 Å². The first-order valence-corrected chi connectivity index (χ1v) is 6.06. The van der Waals surface area contributed by atoms with E-state index in [1.54, 1.807) is 42.5 Å². The van der Waals surface area contributed by atoms with Crippen LogP contribution in [0.1, 0.15) is 10.4 Å². The Kier molecular flexibility index (Phi) is 3.09. The highest BCUT2D eigenvalue weighted by atomic mass is 16.5. The van der Waals surface area contributed by atoms with E-state index in [9.17, 15) is 9.59 Å². The van der Waals surface area contributed by atoms with Crippen LogP contribution < -0.4 is 14.8 Å². The zero-order valence-electron chi connectivity index (χ0n) is 10.5. The first-order chi connectivity index (χ1) is 9.72. The number of esters is 1. The van der Waals surface area contributed by atoms with Gasteiger partial charge in [-0.25, -0.2) is 4.79 Å². The topological polar surface area (TPSA) is 64.6 Å². The van der Waals surface area contributed by atoms with Crippen LogP contribution in [-0.2, 0) is 4.79 Å². The van der Waals surface area contributed by atoms with Crippen molar-refractivity contribution in [1.29, 1.82) is 0 Å². The van der Waals surface area contributed by atoms with E-state index in [4.69, 9.17) is 9.47 Å². The van der Waals surface area contributed by atoms with Crippen molar-refractivity contribution in [3.05, 3.63) is 54.1 Å². The third kappa shape index (κ3) is 2.47. The summed E-state index contributed by atoms with van der Waals surface area (Å²) in [4.78, 5) is 23.1. The van der Waals surface area contributed by atoms with Gasteiger partial charge in [0.2, 0.25) is 0 Å². The van der Waals surface area contributed by atoms with Crippen molar-refractivity contribution in [3.63, 3.8) is 0 Å². The maximum atomic E-state index is 11.9. The van der Waals surface area contributed by atoms with Gasteiger partial charge in [-0.05, 0) is 24.3 Å². The van der Waals surface area contributed by atoms with E-state index in [0.29, 0.717) is 22.7 Å². The second kappa shape index (κ2) is 5.05. The van der Waals surface area contributed by atoms with Gasteiger partial charge in [0, 0.05) is 6.07 Å². The lowest BCUT2D eigenvalue weighted by Gasteiger charge is -2.18. The van der Waals surface area contributed by atoms with Gasteiger partial charge in [0.05, 0.1) is 11.3 Å². The average molecular weight is 269 g/mol. The molecule has 0 saturated carbocycles. The number of benzene rings is 2. The van der Waals surface area contributed by atoms with Gasteiger partial charge >= 0.3 is 5.97 Å². The van der Waals surface area contributed by atoms with Crippen LogP contribution in [0.4, 0.5) is 5.69 Å². The minimum absolute atomic E-state index is 0.0386. The van der Waals surface area contributed by atoms with Gasteiger partial charge in [-0.2, -0.15) is 0 Å². The lowest BCUT2D eigenvalue weighted by atomic mass is 10.2. The van der Waals surface area contributed by atoms with Crippen LogP contribution in [0, 0.1) is 0 Å². The van der Waals surface area contributed by atoms with E-state index in [-0.39, 0.29) is 12.5 Å². The minimum Gasteiger partial charge on any atom is -0.481 e. The van der Waals surface area contributed by atoms with Crippen molar-refractivity contribution in [2.24, 2.45) is 0 Å².